The second-order valence-electron chi connectivity index (χ2n) is 3.91. The summed E-state index contributed by atoms with van der Waals surface area (Å²) in [5, 5.41) is 3.76. The van der Waals surface area contributed by atoms with Gasteiger partial charge in [0.2, 0.25) is 0 Å². The van der Waals surface area contributed by atoms with Gasteiger partial charge in [-0.3, -0.25) is 0 Å². The number of nitrogens with zero attached hydrogens (tertiary/aromatic N) is 3. The van der Waals surface area contributed by atoms with Crippen LogP contribution in [0.1, 0.15) is 35.6 Å². The molecule has 0 bridgehead atoms. The monoisotopic (exact) mass is 315 g/mol. The van der Waals surface area contributed by atoms with Crippen molar-refractivity contribution in [2.45, 2.75) is 26.6 Å². The normalized spacial score (nSPS) is 10.6. The molecule has 5 nitrogen and oxygen atoms in total. The minimum absolute atomic E-state index is 0.0429. The van der Waals surface area contributed by atoms with Crippen molar-refractivity contribution in [2.75, 3.05) is 7.11 Å². The molecule has 1 aromatic heterocycles. The lowest BCUT2D eigenvalue weighted by Crippen LogP contribution is -2.12. The second kappa shape index (κ2) is 7.58. The molecule has 0 aliphatic heterocycles. The number of aromatic nitrogens is 3. The average Bonchev–Trinajstić information content (AvgIpc) is 2.96. The summed E-state index contributed by atoms with van der Waals surface area (Å²) in [6, 6.07) is 5.16. The van der Waals surface area contributed by atoms with Crippen molar-refractivity contribution in [3.8, 4) is 0 Å². The van der Waals surface area contributed by atoms with E-state index < -0.39 is 17.7 Å². The first-order chi connectivity index (χ1) is 10.4. The van der Waals surface area contributed by atoms with Gasteiger partial charge in [0.1, 0.15) is 6.33 Å². The predicted octanol–water partition coefficient (Wildman–Crippen LogP) is 3.16. The molecule has 0 aliphatic rings. The van der Waals surface area contributed by atoms with E-state index in [0.29, 0.717) is 0 Å². The number of methoxy groups -OCH3 is 1. The highest BCUT2D eigenvalue weighted by molar-refractivity contribution is 5.84. The van der Waals surface area contributed by atoms with Gasteiger partial charge >= 0.3 is 12.1 Å². The molecule has 0 fully saturated rings. The van der Waals surface area contributed by atoms with Crippen molar-refractivity contribution < 1.29 is 22.7 Å². The van der Waals surface area contributed by atoms with Gasteiger partial charge in [0.05, 0.1) is 19.2 Å². The highest BCUT2D eigenvalue weighted by Gasteiger charge is 2.32. The fourth-order valence-electron chi connectivity index (χ4n) is 1.66. The Bertz CT molecular complexity index is 624. The Morgan fingerprint density at radius 1 is 1.27 bits per heavy atom. The van der Waals surface area contributed by atoms with E-state index >= 15 is 0 Å². The lowest BCUT2D eigenvalue weighted by atomic mass is 10.1. The van der Waals surface area contributed by atoms with Crippen molar-refractivity contribution >= 4 is 5.97 Å². The SMILES string of the molecule is CC.COC(=O)c1ncn(Cc2ccccc2C(F)(F)F)n1. The third-order valence-electron chi connectivity index (χ3n) is 2.56. The molecule has 2 rings (SSSR count). The molecule has 0 radical (unpaired) electrons. The number of carbonyl (C=O) groups is 1. The largest absolute Gasteiger partial charge is 0.463 e. The molecule has 0 amide bonds. The van der Waals surface area contributed by atoms with Gasteiger partial charge in [-0.1, -0.05) is 32.0 Å². The molecule has 0 spiro atoms. The minimum Gasteiger partial charge on any atom is -0.463 e. The lowest BCUT2D eigenvalue weighted by Gasteiger charge is -2.12. The van der Waals surface area contributed by atoms with E-state index in [1.807, 2.05) is 13.8 Å². The van der Waals surface area contributed by atoms with Crippen LogP contribution in [0.25, 0.3) is 0 Å². The van der Waals surface area contributed by atoms with E-state index in [0.717, 1.165) is 10.7 Å². The summed E-state index contributed by atoms with van der Waals surface area (Å²) in [5.74, 6) is -0.940. The Balaban J connectivity index is 0.00000116. The van der Waals surface area contributed by atoms with E-state index in [-0.39, 0.29) is 17.9 Å². The van der Waals surface area contributed by atoms with Crippen LogP contribution in [-0.2, 0) is 17.5 Å². The summed E-state index contributed by atoms with van der Waals surface area (Å²) < 4.78 is 44.0. The standard InChI is InChI=1S/C12H10F3N3O2.C2H6/c1-20-11(19)10-16-7-18(17-10)6-8-4-2-3-5-9(8)12(13,14)15;1-2/h2-5,7H,6H2,1H3;1-2H3. The van der Waals surface area contributed by atoms with Crippen molar-refractivity contribution in [1.29, 1.82) is 0 Å². The zero-order valence-electron chi connectivity index (χ0n) is 12.4. The number of ether oxygens (including phenoxy) is 1. The van der Waals surface area contributed by atoms with Crippen LogP contribution in [0.15, 0.2) is 30.6 Å². The maximum atomic E-state index is 12.8. The molecular formula is C14H16F3N3O2. The van der Waals surface area contributed by atoms with Gasteiger partial charge in [-0.2, -0.15) is 13.2 Å². The highest BCUT2D eigenvalue weighted by atomic mass is 19.4. The maximum Gasteiger partial charge on any atom is 0.416 e. The molecule has 0 aliphatic carbocycles. The smallest absolute Gasteiger partial charge is 0.416 e. The summed E-state index contributed by atoms with van der Waals surface area (Å²) >= 11 is 0. The molecule has 1 aromatic carbocycles. The van der Waals surface area contributed by atoms with E-state index in [1.54, 1.807) is 0 Å². The van der Waals surface area contributed by atoms with Gasteiger partial charge in [-0.05, 0) is 11.6 Å². The van der Waals surface area contributed by atoms with Crippen LogP contribution >= 0.6 is 0 Å². The Kier molecular flexibility index (Phi) is 6.09. The van der Waals surface area contributed by atoms with Crippen LogP contribution in [0, 0.1) is 0 Å². The summed E-state index contributed by atoms with van der Waals surface area (Å²) in [6.07, 6.45) is -3.26. The fraction of sp³-hybridized carbons (Fsp3) is 0.357. The van der Waals surface area contributed by atoms with Gasteiger partial charge in [-0.25, -0.2) is 14.5 Å². The first kappa shape index (κ1) is 17.7. The molecule has 0 saturated heterocycles. The molecule has 120 valence electrons. The van der Waals surface area contributed by atoms with Gasteiger partial charge in [0.25, 0.3) is 5.82 Å². The van der Waals surface area contributed by atoms with Crippen LogP contribution in [-0.4, -0.2) is 27.8 Å². The highest BCUT2D eigenvalue weighted by Crippen LogP contribution is 2.32. The molecule has 2 aromatic rings. The van der Waals surface area contributed by atoms with Gasteiger partial charge < -0.3 is 4.74 Å². The zero-order chi connectivity index (χ0) is 16.8. The predicted molar refractivity (Wildman–Crippen MR) is 73.3 cm³/mol. The average molecular weight is 315 g/mol. The van der Waals surface area contributed by atoms with Crippen LogP contribution in [0.4, 0.5) is 13.2 Å². The first-order valence-electron chi connectivity index (χ1n) is 6.54. The Morgan fingerprint density at radius 2 is 1.91 bits per heavy atom. The van der Waals surface area contributed by atoms with Gasteiger partial charge in [0, 0.05) is 0 Å². The van der Waals surface area contributed by atoms with Gasteiger partial charge in [-0.15, -0.1) is 5.10 Å². The van der Waals surface area contributed by atoms with E-state index in [1.165, 1.54) is 31.6 Å². The molecular weight excluding hydrogens is 299 g/mol. The summed E-state index contributed by atoms with van der Waals surface area (Å²) in [4.78, 5) is 14.8. The Labute approximate surface area is 125 Å². The number of hydrogen-bond donors (Lipinski definition) is 0. The molecule has 0 saturated carbocycles. The molecule has 0 atom stereocenters. The van der Waals surface area contributed by atoms with E-state index in [9.17, 15) is 18.0 Å². The Morgan fingerprint density at radius 3 is 2.50 bits per heavy atom. The number of carbonyl (C=O) groups excluding carboxylic acids is 1. The summed E-state index contributed by atoms with van der Waals surface area (Å²) in [5.41, 5.74) is -0.698. The summed E-state index contributed by atoms with van der Waals surface area (Å²) in [6.45, 7) is 3.86. The van der Waals surface area contributed by atoms with Crippen LogP contribution in [0.2, 0.25) is 0 Å². The number of rotatable bonds is 3. The molecule has 1 heterocycles. The molecule has 8 heteroatoms. The number of benzene rings is 1. The maximum absolute atomic E-state index is 12.8. The summed E-state index contributed by atoms with van der Waals surface area (Å²) in [7, 11) is 1.17. The van der Waals surface area contributed by atoms with Gasteiger partial charge in [0.15, 0.2) is 0 Å². The zero-order valence-corrected chi connectivity index (χ0v) is 12.4. The second-order valence-corrected chi connectivity index (χ2v) is 3.91. The third-order valence-corrected chi connectivity index (χ3v) is 2.56. The van der Waals surface area contributed by atoms with Crippen molar-refractivity contribution in [1.82, 2.24) is 14.8 Å². The number of esters is 1. The van der Waals surface area contributed by atoms with Crippen molar-refractivity contribution in [2.24, 2.45) is 0 Å². The Hall–Kier alpha value is -2.38. The van der Waals surface area contributed by atoms with Crippen molar-refractivity contribution in [3.63, 3.8) is 0 Å². The molecule has 22 heavy (non-hydrogen) atoms. The third kappa shape index (κ3) is 4.31. The number of hydrogen-bond acceptors (Lipinski definition) is 4. The quantitative estimate of drug-likeness (QED) is 0.816. The number of alkyl halides is 3. The molecule has 0 unspecified atom stereocenters. The first-order valence-corrected chi connectivity index (χ1v) is 6.54. The number of halogens is 3. The topological polar surface area (TPSA) is 57.0 Å². The minimum atomic E-state index is -4.44. The lowest BCUT2D eigenvalue weighted by molar-refractivity contribution is -0.138. The fourth-order valence-corrected chi connectivity index (χ4v) is 1.66. The van der Waals surface area contributed by atoms with E-state index in [2.05, 4.69) is 14.8 Å². The van der Waals surface area contributed by atoms with Crippen LogP contribution in [0.3, 0.4) is 0 Å². The van der Waals surface area contributed by atoms with Crippen LogP contribution in [0.5, 0.6) is 0 Å². The van der Waals surface area contributed by atoms with Crippen molar-refractivity contribution in [3.05, 3.63) is 47.5 Å². The van der Waals surface area contributed by atoms with E-state index in [4.69, 9.17) is 0 Å². The van der Waals surface area contributed by atoms with Crippen LogP contribution < -0.4 is 0 Å². The molecule has 0 N–H and O–H groups in total.